The van der Waals surface area contributed by atoms with Gasteiger partial charge in [0.15, 0.2) is 0 Å². The average Bonchev–Trinajstić information content (AvgIpc) is 2.85. The zero-order valence-corrected chi connectivity index (χ0v) is 12.1. The highest BCUT2D eigenvalue weighted by molar-refractivity contribution is 5.83. The van der Waals surface area contributed by atoms with Crippen molar-refractivity contribution in [2.24, 2.45) is 12.1 Å². The molecule has 6 heteroatoms. The highest BCUT2D eigenvalue weighted by Crippen LogP contribution is 2.14. The van der Waals surface area contributed by atoms with Crippen LogP contribution >= 0.6 is 0 Å². The van der Waals surface area contributed by atoms with Crippen LogP contribution in [0, 0.1) is 0 Å². The molecule has 3 rings (SSSR count). The van der Waals surface area contributed by atoms with Gasteiger partial charge in [-0.05, 0) is 18.2 Å². The van der Waals surface area contributed by atoms with Crippen LogP contribution in [0.5, 0.6) is 0 Å². The monoisotopic (exact) mass is 293 g/mol. The number of hydrazone groups is 1. The molecule has 0 saturated heterocycles. The predicted octanol–water partition coefficient (Wildman–Crippen LogP) is 1.66. The maximum atomic E-state index is 11.9. The number of hydrogen-bond donors (Lipinski definition) is 1. The van der Waals surface area contributed by atoms with Crippen molar-refractivity contribution in [2.75, 3.05) is 0 Å². The number of aryl methyl sites for hydroxylation is 1. The number of carbonyl (C=O) groups is 1. The van der Waals surface area contributed by atoms with E-state index < -0.39 is 0 Å². The van der Waals surface area contributed by atoms with Gasteiger partial charge in [-0.1, -0.05) is 18.2 Å². The number of amides is 1. The number of fused-ring (bicyclic) bond motifs is 1. The van der Waals surface area contributed by atoms with Crippen molar-refractivity contribution < 1.29 is 4.79 Å². The second-order valence-corrected chi connectivity index (χ2v) is 4.83. The Labute approximate surface area is 127 Å². The van der Waals surface area contributed by atoms with E-state index in [1.165, 1.54) is 0 Å². The molecule has 1 N–H and O–H groups in total. The van der Waals surface area contributed by atoms with Crippen molar-refractivity contribution in [3.05, 3.63) is 60.2 Å². The number of pyridine rings is 1. The lowest BCUT2D eigenvalue weighted by Crippen LogP contribution is -2.21. The second kappa shape index (κ2) is 6.17. The van der Waals surface area contributed by atoms with Gasteiger partial charge in [0.2, 0.25) is 5.91 Å². The van der Waals surface area contributed by atoms with Crippen LogP contribution in [0.15, 0.2) is 53.9 Å². The molecule has 0 fully saturated rings. The van der Waals surface area contributed by atoms with Gasteiger partial charge in [-0.2, -0.15) is 5.10 Å². The zero-order chi connectivity index (χ0) is 15.4. The van der Waals surface area contributed by atoms with E-state index in [0.717, 1.165) is 16.6 Å². The minimum Gasteiger partial charge on any atom is -0.331 e. The summed E-state index contributed by atoms with van der Waals surface area (Å²) < 4.78 is 1.92. The average molecular weight is 293 g/mol. The van der Waals surface area contributed by atoms with Gasteiger partial charge in [0.05, 0.1) is 23.7 Å². The fourth-order valence-electron chi connectivity index (χ4n) is 2.17. The molecule has 0 unspecified atom stereocenters. The van der Waals surface area contributed by atoms with Gasteiger partial charge in [0.1, 0.15) is 5.82 Å². The molecule has 0 bridgehead atoms. The summed E-state index contributed by atoms with van der Waals surface area (Å²) in [6, 6.07) is 11.4. The van der Waals surface area contributed by atoms with Crippen LogP contribution in [0.4, 0.5) is 0 Å². The topological polar surface area (TPSA) is 72.2 Å². The molecule has 0 aliphatic carbocycles. The van der Waals surface area contributed by atoms with Crippen molar-refractivity contribution in [3.63, 3.8) is 0 Å². The molecule has 2 heterocycles. The quantitative estimate of drug-likeness (QED) is 0.587. The first-order chi connectivity index (χ1) is 10.7. The Morgan fingerprint density at radius 2 is 2.18 bits per heavy atom. The molecule has 110 valence electrons. The van der Waals surface area contributed by atoms with Crippen LogP contribution in [0.1, 0.15) is 11.4 Å². The summed E-state index contributed by atoms with van der Waals surface area (Å²) in [5.41, 5.74) is 5.21. The molecule has 22 heavy (non-hydrogen) atoms. The Bertz CT molecular complexity index is 823. The standard InChI is InChI=1S/C16H15N5O/c1-21-14-7-3-2-6-13(14)19-15(21)9-16(22)20-18-11-12-5-4-8-17-10-12/h2-8,10-11H,9H2,1H3,(H,20,22)/b18-11+. The first kappa shape index (κ1) is 13.9. The van der Waals surface area contributed by atoms with E-state index in [4.69, 9.17) is 0 Å². The third kappa shape index (κ3) is 3.01. The van der Waals surface area contributed by atoms with Gasteiger partial charge >= 0.3 is 0 Å². The molecule has 0 radical (unpaired) electrons. The van der Waals surface area contributed by atoms with Crippen molar-refractivity contribution in [3.8, 4) is 0 Å². The van der Waals surface area contributed by atoms with E-state index in [0.29, 0.717) is 5.82 Å². The summed E-state index contributed by atoms with van der Waals surface area (Å²) in [5, 5.41) is 3.92. The van der Waals surface area contributed by atoms with E-state index in [2.05, 4.69) is 20.5 Å². The molecular weight excluding hydrogens is 278 g/mol. The molecule has 0 atom stereocenters. The Balaban J connectivity index is 1.66. The Morgan fingerprint density at radius 1 is 1.32 bits per heavy atom. The zero-order valence-electron chi connectivity index (χ0n) is 12.1. The smallest absolute Gasteiger partial charge is 0.247 e. The van der Waals surface area contributed by atoms with E-state index in [-0.39, 0.29) is 12.3 Å². The minimum absolute atomic E-state index is 0.176. The van der Waals surface area contributed by atoms with E-state index in [1.807, 2.05) is 48.0 Å². The number of hydrogen-bond acceptors (Lipinski definition) is 4. The van der Waals surface area contributed by atoms with E-state index in [1.54, 1.807) is 18.6 Å². The summed E-state index contributed by atoms with van der Waals surface area (Å²) in [6.07, 6.45) is 5.08. The molecule has 0 aliphatic heterocycles. The Morgan fingerprint density at radius 3 is 2.95 bits per heavy atom. The third-order valence-electron chi connectivity index (χ3n) is 3.29. The summed E-state index contributed by atoms with van der Waals surface area (Å²) in [4.78, 5) is 20.4. The van der Waals surface area contributed by atoms with Gasteiger partial charge < -0.3 is 4.57 Å². The van der Waals surface area contributed by atoms with Crippen molar-refractivity contribution >= 4 is 23.2 Å². The third-order valence-corrected chi connectivity index (χ3v) is 3.29. The van der Waals surface area contributed by atoms with Gasteiger partial charge in [0, 0.05) is 25.0 Å². The summed E-state index contributed by atoms with van der Waals surface area (Å²) in [6.45, 7) is 0. The number of nitrogens with one attached hydrogen (secondary N) is 1. The van der Waals surface area contributed by atoms with Crippen LogP contribution < -0.4 is 5.43 Å². The van der Waals surface area contributed by atoms with Crippen molar-refractivity contribution in [1.29, 1.82) is 0 Å². The molecule has 3 aromatic rings. The predicted molar refractivity (Wildman–Crippen MR) is 84.4 cm³/mol. The summed E-state index contributed by atoms with van der Waals surface area (Å²) >= 11 is 0. The molecule has 0 spiro atoms. The van der Waals surface area contributed by atoms with Crippen LogP contribution in [0.25, 0.3) is 11.0 Å². The van der Waals surface area contributed by atoms with Crippen LogP contribution in [-0.2, 0) is 18.3 Å². The molecule has 1 aromatic carbocycles. The number of aromatic nitrogens is 3. The van der Waals surface area contributed by atoms with Gasteiger partial charge in [-0.15, -0.1) is 0 Å². The van der Waals surface area contributed by atoms with Crippen LogP contribution in [0.2, 0.25) is 0 Å². The number of rotatable bonds is 4. The maximum Gasteiger partial charge on any atom is 0.247 e. The maximum absolute atomic E-state index is 11.9. The highest BCUT2D eigenvalue weighted by Gasteiger charge is 2.10. The number of imidazole rings is 1. The fourth-order valence-corrected chi connectivity index (χ4v) is 2.17. The molecule has 0 saturated carbocycles. The first-order valence-electron chi connectivity index (χ1n) is 6.86. The summed E-state index contributed by atoms with van der Waals surface area (Å²) in [5.74, 6) is 0.494. The molecular formula is C16H15N5O. The van der Waals surface area contributed by atoms with Gasteiger partial charge in [-0.3, -0.25) is 9.78 Å². The lowest BCUT2D eigenvalue weighted by atomic mass is 10.3. The largest absolute Gasteiger partial charge is 0.331 e. The van der Waals surface area contributed by atoms with Crippen molar-refractivity contribution in [1.82, 2.24) is 20.0 Å². The molecule has 0 aliphatic rings. The highest BCUT2D eigenvalue weighted by atomic mass is 16.2. The van der Waals surface area contributed by atoms with E-state index >= 15 is 0 Å². The summed E-state index contributed by atoms with van der Waals surface area (Å²) in [7, 11) is 1.90. The van der Waals surface area contributed by atoms with E-state index in [9.17, 15) is 4.79 Å². The fraction of sp³-hybridized carbons (Fsp3) is 0.125. The number of para-hydroxylation sites is 2. The van der Waals surface area contributed by atoms with Gasteiger partial charge in [0.25, 0.3) is 0 Å². The molecule has 6 nitrogen and oxygen atoms in total. The van der Waals surface area contributed by atoms with Gasteiger partial charge in [-0.25, -0.2) is 10.4 Å². The minimum atomic E-state index is -0.210. The molecule has 1 amide bonds. The second-order valence-electron chi connectivity index (χ2n) is 4.83. The lowest BCUT2D eigenvalue weighted by Gasteiger charge is -2.01. The Hall–Kier alpha value is -3.02. The normalized spacial score (nSPS) is 11.1. The van der Waals surface area contributed by atoms with Crippen LogP contribution in [-0.4, -0.2) is 26.7 Å². The first-order valence-corrected chi connectivity index (χ1v) is 6.86. The van der Waals surface area contributed by atoms with Crippen LogP contribution in [0.3, 0.4) is 0 Å². The number of nitrogens with zero attached hydrogens (tertiary/aromatic N) is 4. The SMILES string of the molecule is Cn1c(CC(=O)N/N=C/c2cccnc2)nc2ccccc21. The number of carbonyl (C=O) groups excluding carboxylic acids is 1. The van der Waals surface area contributed by atoms with Crippen molar-refractivity contribution in [2.45, 2.75) is 6.42 Å². The Kier molecular flexibility index (Phi) is 3.91. The molecule has 2 aromatic heterocycles. The number of benzene rings is 1. The lowest BCUT2D eigenvalue weighted by molar-refractivity contribution is -0.120.